The van der Waals surface area contributed by atoms with Gasteiger partial charge in [0.1, 0.15) is 12.4 Å². The van der Waals surface area contributed by atoms with E-state index in [0.29, 0.717) is 11.1 Å². The number of hydrogen-bond donors (Lipinski definition) is 1. The van der Waals surface area contributed by atoms with E-state index in [-0.39, 0.29) is 12.4 Å². The topological polar surface area (TPSA) is 42.1 Å². The molecule has 0 bridgehead atoms. The summed E-state index contributed by atoms with van der Waals surface area (Å²) in [7, 11) is 0. The summed E-state index contributed by atoms with van der Waals surface area (Å²) in [4.78, 5) is 15.5. The number of hydrogen-bond acceptors (Lipinski definition) is 2. The minimum Gasteiger partial charge on any atom is -0.457 e. The maximum absolute atomic E-state index is 13.1. The van der Waals surface area contributed by atoms with E-state index in [0.717, 1.165) is 16.8 Å². The van der Waals surface area contributed by atoms with Gasteiger partial charge in [-0.05, 0) is 30.2 Å². The van der Waals surface area contributed by atoms with Gasteiger partial charge in [-0.15, -0.1) is 0 Å². The molecule has 0 atom stereocenters. The number of halogens is 1. The second kappa shape index (κ2) is 6.48. The molecular weight excluding hydrogens is 293 g/mol. The number of benzene rings is 2. The molecule has 0 spiro atoms. The fourth-order valence-corrected chi connectivity index (χ4v) is 2.44. The summed E-state index contributed by atoms with van der Waals surface area (Å²) in [5, 5.41) is 0. The van der Waals surface area contributed by atoms with Crippen LogP contribution in [0.3, 0.4) is 0 Å². The molecule has 0 fully saturated rings. The highest BCUT2D eigenvalue weighted by atomic mass is 19.1. The molecule has 3 aromatic rings. The molecule has 0 aliphatic rings. The number of ether oxygens (including phenoxy) is 1. The van der Waals surface area contributed by atoms with Crippen LogP contribution in [-0.2, 0) is 11.3 Å². The first kappa shape index (κ1) is 15.0. The first-order valence-corrected chi connectivity index (χ1v) is 7.30. The second-order valence-electron chi connectivity index (χ2n) is 5.27. The number of rotatable bonds is 4. The second-order valence-corrected chi connectivity index (χ2v) is 5.27. The van der Waals surface area contributed by atoms with Gasteiger partial charge in [-0.2, -0.15) is 0 Å². The summed E-state index contributed by atoms with van der Waals surface area (Å²) < 4.78 is 18.5. The van der Waals surface area contributed by atoms with Crippen molar-refractivity contribution in [3.05, 3.63) is 83.4 Å². The third kappa shape index (κ3) is 3.31. The lowest BCUT2D eigenvalue weighted by atomic mass is 10.0. The van der Waals surface area contributed by atoms with Crippen molar-refractivity contribution in [3.63, 3.8) is 0 Å². The standard InChI is InChI=1S/C19H16FNO2/c1-13-18(19(22)23-12-14-5-3-2-4-6-14)17(11-21-13)15-7-9-16(20)10-8-15/h2-11,21H,12H2,1H3. The molecule has 23 heavy (non-hydrogen) atoms. The highest BCUT2D eigenvalue weighted by molar-refractivity contribution is 5.98. The van der Waals surface area contributed by atoms with E-state index < -0.39 is 5.97 Å². The average molecular weight is 309 g/mol. The predicted octanol–water partition coefficient (Wildman–Crippen LogP) is 4.49. The monoisotopic (exact) mass is 309 g/mol. The Bertz CT molecular complexity index is 807. The van der Waals surface area contributed by atoms with Crippen LogP contribution in [0.15, 0.2) is 60.8 Å². The number of carbonyl (C=O) groups excluding carboxylic acids is 1. The number of aromatic nitrogens is 1. The summed E-state index contributed by atoms with van der Waals surface area (Å²) in [5.74, 6) is -0.707. The minimum atomic E-state index is -0.396. The van der Waals surface area contributed by atoms with Crippen LogP contribution in [0, 0.1) is 12.7 Å². The fourth-order valence-electron chi connectivity index (χ4n) is 2.44. The summed E-state index contributed by atoms with van der Waals surface area (Å²) in [5.41, 5.74) is 3.61. The summed E-state index contributed by atoms with van der Waals surface area (Å²) >= 11 is 0. The van der Waals surface area contributed by atoms with Crippen molar-refractivity contribution in [2.24, 2.45) is 0 Å². The Kier molecular flexibility index (Phi) is 4.24. The first-order chi connectivity index (χ1) is 11.1. The number of H-pyrrole nitrogens is 1. The smallest absolute Gasteiger partial charge is 0.340 e. The molecule has 0 amide bonds. The highest BCUT2D eigenvalue weighted by Gasteiger charge is 2.19. The molecule has 1 heterocycles. The lowest BCUT2D eigenvalue weighted by Crippen LogP contribution is -2.07. The van der Waals surface area contributed by atoms with Crippen molar-refractivity contribution >= 4 is 5.97 Å². The van der Waals surface area contributed by atoms with Crippen LogP contribution >= 0.6 is 0 Å². The zero-order valence-corrected chi connectivity index (χ0v) is 12.7. The van der Waals surface area contributed by atoms with E-state index in [1.807, 2.05) is 37.3 Å². The summed E-state index contributed by atoms with van der Waals surface area (Å²) in [6.07, 6.45) is 1.74. The predicted molar refractivity (Wildman–Crippen MR) is 86.5 cm³/mol. The SMILES string of the molecule is Cc1[nH]cc(-c2ccc(F)cc2)c1C(=O)OCc1ccccc1. The largest absolute Gasteiger partial charge is 0.457 e. The molecule has 4 heteroatoms. The molecule has 0 saturated heterocycles. The van der Waals surface area contributed by atoms with Gasteiger partial charge in [0, 0.05) is 17.5 Å². The van der Waals surface area contributed by atoms with Crippen molar-refractivity contribution in [1.29, 1.82) is 0 Å². The van der Waals surface area contributed by atoms with E-state index in [1.54, 1.807) is 18.3 Å². The quantitative estimate of drug-likeness (QED) is 0.722. The number of aromatic amines is 1. The molecule has 1 aromatic heterocycles. The van der Waals surface area contributed by atoms with Crippen molar-refractivity contribution in [2.75, 3.05) is 0 Å². The molecular formula is C19H16FNO2. The van der Waals surface area contributed by atoms with Gasteiger partial charge in [-0.1, -0.05) is 42.5 Å². The molecule has 1 N–H and O–H groups in total. The normalized spacial score (nSPS) is 10.5. The first-order valence-electron chi connectivity index (χ1n) is 7.30. The van der Waals surface area contributed by atoms with Gasteiger partial charge in [0.25, 0.3) is 0 Å². The Morgan fingerprint density at radius 3 is 2.48 bits per heavy atom. The zero-order chi connectivity index (χ0) is 16.2. The molecule has 0 saturated carbocycles. The number of nitrogens with one attached hydrogen (secondary N) is 1. The lowest BCUT2D eigenvalue weighted by Gasteiger charge is -2.07. The van der Waals surface area contributed by atoms with E-state index >= 15 is 0 Å². The van der Waals surface area contributed by atoms with E-state index in [1.165, 1.54) is 12.1 Å². The molecule has 0 aliphatic carbocycles. The van der Waals surface area contributed by atoms with E-state index in [2.05, 4.69) is 4.98 Å². The Hall–Kier alpha value is -2.88. The highest BCUT2D eigenvalue weighted by Crippen LogP contribution is 2.27. The van der Waals surface area contributed by atoms with Crippen molar-refractivity contribution in [3.8, 4) is 11.1 Å². The average Bonchev–Trinajstić information content (AvgIpc) is 2.96. The molecule has 3 nitrogen and oxygen atoms in total. The zero-order valence-electron chi connectivity index (χ0n) is 12.7. The van der Waals surface area contributed by atoms with Gasteiger partial charge in [0.15, 0.2) is 0 Å². The van der Waals surface area contributed by atoms with Gasteiger partial charge in [-0.25, -0.2) is 9.18 Å². The Balaban J connectivity index is 1.83. The van der Waals surface area contributed by atoms with Crippen LogP contribution < -0.4 is 0 Å². The van der Waals surface area contributed by atoms with Crippen LogP contribution in [0.5, 0.6) is 0 Å². The molecule has 0 aliphatic heterocycles. The minimum absolute atomic E-state index is 0.215. The van der Waals surface area contributed by atoms with Crippen LogP contribution in [-0.4, -0.2) is 11.0 Å². The Morgan fingerprint density at radius 1 is 1.09 bits per heavy atom. The maximum Gasteiger partial charge on any atom is 0.340 e. The Labute approximate surface area is 133 Å². The summed E-state index contributed by atoms with van der Waals surface area (Å²) in [6.45, 7) is 2.03. The van der Waals surface area contributed by atoms with Crippen molar-refractivity contribution in [2.45, 2.75) is 13.5 Å². The summed E-state index contributed by atoms with van der Waals surface area (Å²) in [6, 6.07) is 15.5. The number of esters is 1. The molecule has 3 rings (SSSR count). The van der Waals surface area contributed by atoms with Gasteiger partial charge in [0.2, 0.25) is 0 Å². The van der Waals surface area contributed by atoms with Gasteiger partial charge in [-0.3, -0.25) is 0 Å². The van der Waals surface area contributed by atoms with Crippen molar-refractivity contribution < 1.29 is 13.9 Å². The lowest BCUT2D eigenvalue weighted by molar-refractivity contribution is 0.0473. The van der Waals surface area contributed by atoms with Crippen LogP contribution in [0.1, 0.15) is 21.6 Å². The van der Waals surface area contributed by atoms with Crippen molar-refractivity contribution in [1.82, 2.24) is 4.98 Å². The third-order valence-corrected chi connectivity index (χ3v) is 3.65. The van der Waals surface area contributed by atoms with E-state index in [9.17, 15) is 9.18 Å². The fraction of sp³-hybridized carbons (Fsp3) is 0.105. The number of carbonyl (C=O) groups is 1. The van der Waals surface area contributed by atoms with Crippen LogP contribution in [0.2, 0.25) is 0 Å². The van der Waals surface area contributed by atoms with Gasteiger partial charge >= 0.3 is 5.97 Å². The molecule has 2 aromatic carbocycles. The van der Waals surface area contributed by atoms with Crippen LogP contribution in [0.4, 0.5) is 4.39 Å². The molecule has 0 radical (unpaired) electrons. The van der Waals surface area contributed by atoms with Gasteiger partial charge < -0.3 is 9.72 Å². The number of aryl methyl sites for hydroxylation is 1. The third-order valence-electron chi connectivity index (χ3n) is 3.65. The molecule has 116 valence electrons. The molecule has 0 unspecified atom stereocenters. The van der Waals surface area contributed by atoms with Gasteiger partial charge in [0.05, 0.1) is 5.56 Å². The van der Waals surface area contributed by atoms with E-state index in [4.69, 9.17) is 4.74 Å². The van der Waals surface area contributed by atoms with Crippen LogP contribution in [0.25, 0.3) is 11.1 Å². The Morgan fingerprint density at radius 2 is 1.78 bits per heavy atom. The maximum atomic E-state index is 13.1.